The molecule has 114 valence electrons. The Morgan fingerprint density at radius 2 is 2.14 bits per heavy atom. The van der Waals surface area contributed by atoms with Crippen LogP contribution < -0.4 is 5.32 Å². The highest BCUT2D eigenvalue weighted by Gasteiger charge is 2.28. The van der Waals surface area contributed by atoms with Crippen LogP contribution in [0.1, 0.15) is 17.5 Å². The SMILES string of the molecule is C=CCNC(=O)C(C)N1CCN(C(=O)c2ccco2)CC1. The smallest absolute Gasteiger partial charge is 0.289 e. The Bertz CT molecular complexity index is 490. The van der Waals surface area contributed by atoms with E-state index < -0.39 is 0 Å². The zero-order valence-electron chi connectivity index (χ0n) is 12.2. The number of piperazine rings is 1. The number of carbonyl (C=O) groups is 2. The predicted octanol–water partition coefficient (Wildman–Crippen LogP) is 0.728. The largest absolute Gasteiger partial charge is 0.459 e. The van der Waals surface area contributed by atoms with E-state index in [0.29, 0.717) is 38.5 Å². The maximum atomic E-state index is 12.1. The lowest BCUT2D eigenvalue weighted by Gasteiger charge is -2.37. The van der Waals surface area contributed by atoms with E-state index in [4.69, 9.17) is 4.42 Å². The van der Waals surface area contributed by atoms with E-state index in [1.54, 1.807) is 23.1 Å². The normalized spacial score (nSPS) is 17.3. The molecule has 6 heteroatoms. The Labute approximate surface area is 124 Å². The van der Waals surface area contributed by atoms with Crippen molar-refractivity contribution in [3.05, 3.63) is 36.8 Å². The van der Waals surface area contributed by atoms with Gasteiger partial charge in [-0.25, -0.2) is 0 Å². The minimum absolute atomic E-state index is 0.0132. The van der Waals surface area contributed by atoms with E-state index in [9.17, 15) is 9.59 Å². The summed E-state index contributed by atoms with van der Waals surface area (Å²) in [5.74, 6) is 0.254. The van der Waals surface area contributed by atoms with E-state index in [1.165, 1.54) is 6.26 Å². The van der Waals surface area contributed by atoms with Gasteiger partial charge in [0.2, 0.25) is 5.91 Å². The molecular weight excluding hydrogens is 270 g/mol. The number of rotatable bonds is 5. The van der Waals surface area contributed by atoms with Crippen LogP contribution in [0.25, 0.3) is 0 Å². The summed E-state index contributed by atoms with van der Waals surface area (Å²) in [6.07, 6.45) is 3.15. The first-order valence-electron chi connectivity index (χ1n) is 7.09. The highest BCUT2D eigenvalue weighted by Crippen LogP contribution is 2.11. The van der Waals surface area contributed by atoms with E-state index >= 15 is 0 Å². The van der Waals surface area contributed by atoms with Crippen molar-refractivity contribution >= 4 is 11.8 Å². The third kappa shape index (κ3) is 3.72. The maximum Gasteiger partial charge on any atom is 0.289 e. The number of nitrogens with one attached hydrogen (secondary N) is 1. The summed E-state index contributed by atoms with van der Waals surface area (Å²) < 4.78 is 5.13. The van der Waals surface area contributed by atoms with Crippen molar-refractivity contribution in [1.29, 1.82) is 0 Å². The summed E-state index contributed by atoms with van der Waals surface area (Å²) in [6, 6.07) is 3.17. The Morgan fingerprint density at radius 1 is 1.43 bits per heavy atom. The second-order valence-electron chi connectivity index (χ2n) is 5.02. The average molecular weight is 291 g/mol. The van der Waals surface area contributed by atoms with E-state index in [1.807, 2.05) is 6.92 Å². The van der Waals surface area contributed by atoms with E-state index in [-0.39, 0.29) is 17.9 Å². The molecule has 1 atom stereocenters. The molecule has 0 spiro atoms. The molecule has 1 aromatic heterocycles. The molecular formula is C15H21N3O3. The molecule has 0 saturated carbocycles. The zero-order valence-corrected chi connectivity index (χ0v) is 12.2. The van der Waals surface area contributed by atoms with Crippen LogP contribution in [0.15, 0.2) is 35.5 Å². The lowest BCUT2D eigenvalue weighted by atomic mass is 10.2. The molecule has 2 heterocycles. The average Bonchev–Trinajstić information content (AvgIpc) is 3.05. The first-order chi connectivity index (χ1) is 10.1. The summed E-state index contributed by atoms with van der Waals surface area (Å²) in [5.41, 5.74) is 0. The number of nitrogens with zero attached hydrogens (tertiary/aromatic N) is 2. The number of hydrogen-bond donors (Lipinski definition) is 1. The van der Waals surface area contributed by atoms with Gasteiger partial charge in [-0.3, -0.25) is 14.5 Å². The monoisotopic (exact) mass is 291 g/mol. The van der Waals surface area contributed by atoms with E-state index in [0.717, 1.165) is 0 Å². The van der Waals surface area contributed by atoms with Crippen molar-refractivity contribution in [1.82, 2.24) is 15.1 Å². The van der Waals surface area contributed by atoms with Crippen LogP contribution in [-0.4, -0.2) is 60.4 Å². The molecule has 0 aromatic carbocycles. The molecule has 0 radical (unpaired) electrons. The Balaban J connectivity index is 1.84. The van der Waals surface area contributed by atoms with Crippen LogP contribution in [0.4, 0.5) is 0 Å². The topological polar surface area (TPSA) is 65.8 Å². The maximum absolute atomic E-state index is 12.1. The molecule has 1 N–H and O–H groups in total. The Kier molecular flexibility index (Phi) is 5.16. The zero-order chi connectivity index (χ0) is 15.2. The van der Waals surface area contributed by atoms with E-state index in [2.05, 4.69) is 16.8 Å². The molecule has 6 nitrogen and oxygen atoms in total. The van der Waals surface area contributed by atoms with Gasteiger partial charge in [0, 0.05) is 32.7 Å². The molecule has 1 saturated heterocycles. The molecule has 1 fully saturated rings. The predicted molar refractivity (Wildman–Crippen MR) is 78.9 cm³/mol. The summed E-state index contributed by atoms with van der Waals surface area (Å²) in [4.78, 5) is 27.9. The Hall–Kier alpha value is -2.08. The summed E-state index contributed by atoms with van der Waals surface area (Å²) in [5, 5.41) is 2.79. The van der Waals surface area contributed by atoms with Gasteiger partial charge in [-0.15, -0.1) is 6.58 Å². The van der Waals surface area contributed by atoms with Crippen molar-refractivity contribution in [2.75, 3.05) is 32.7 Å². The molecule has 21 heavy (non-hydrogen) atoms. The fourth-order valence-electron chi connectivity index (χ4n) is 2.35. The Morgan fingerprint density at radius 3 is 2.71 bits per heavy atom. The van der Waals surface area contributed by atoms with Gasteiger partial charge in [0.25, 0.3) is 5.91 Å². The van der Waals surface area contributed by atoms with Crippen LogP contribution in [0, 0.1) is 0 Å². The third-order valence-corrected chi connectivity index (χ3v) is 3.68. The van der Waals surface area contributed by atoms with Gasteiger partial charge < -0.3 is 14.6 Å². The summed E-state index contributed by atoms with van der Waals surface area (Å²) >= 11 is 0. The molecule has 1 aromatic rings. The van der Waals surface area contributed by atoms with Gasteiger partial charge >= 0.3 is 0 Å². The molecule has 1 unspecified atom stereocenters. The van der Waals surface area contributed by atoms with Gasteiger partial charge in [-0.05, 0) is 19.1 Å². The minimum atomic E-state index is -0.203. The first kappa shape index (κ1) is 15.3. The molecule has 0 aliphatic carbocycles. The van der Waals surface area contributed by atoms with Gasteiger partial charge in [0.05, 0.1) is 12.3 Å². The van der Waals surface area contributed by atoms with Crippen LogP contribution in [-0.2, 0) is 4.79 Å². The molecule has 0 bridgehead atoms. The summed E-state index contributed by atoms with van der Waals surface area (Å²) in [7, 11) is 0. The van der Waals surface area contributed by atoms with Gasteiger partial charge in [0.1, 0.15) is 0 Å². The van der Waals surface area contributed by atoms with Crippen molar-refractivity contribution in [3.8, 4) is 0 Å². The van der Waals surface area contributed by atoms with Crippen LogP contribution in [0.5, 0.6) is 0 Å². The number of hydrogen-bond acceptors (Lipinski definition) is 4. The lowest BCUT2D eigenvalue weighted by Crippen LogP contribution is -2.54. The van der Waals surface area contributed by atoms with Crippen molar-refractivity contribution < 1.29 is 14.0 Å². The highest BCUT2D eigenvalue weighted by molar-refractivity contribution is 5.91. The number of furan rings is 1. The van der Waals surface area contributed by atoms with Gasteiger partial charge in [0.15, 0.2) is 5.76 Å². The molecule has 1 aliphatic heterocycles. The van der Waals surface area contributed by atoms with Crippen LogP contribution in [0.3, 0.4) is 0 Å². The number of carbonyl (C=O) groups excluding carboxylic acids is 2. The van der Waals surface area contributed by atoms with Crippen molar-refractivity contribution in [3.63, 3.8) is 0 Å². The summed E-state index contributed by atoms with van der Waals surface area (Å²) in [6.45, 7) is 8.47. The lowest BCUT2D eigenvalue weighted by molar-refractivity contribution is -0.126. The quantitative estimate of drug-likeness (QED) is 0.812. The standard InChI is InChI=1S/C15H21N3O3/c1-3-6-16-14(19)12(2)17-7-9-18(10-8-17)15(20)13-5-4-11-21-13/h3-5,11-12H,1,6-10H2,2H3,(H,16,19). The van der Waals surface area contributed by atoms with Crippen molar-refractivity contribution in [2.45, 2.75) is 13.0 Å². The molecule has 1 aliphatic rings. The minimum Gasteiger partial charge on any atom is -0.459 e. The highest BCUT2D eigenvalue weighted by atomic mass is 16.3. The fraction of sp³-hybridized carbons (Fsp3) is 0.467. The molecule has 2 rings (SSSR count). The fourth-order valence-corrected chi connectivity index (χ4v) is 2.35. The third-order valence-electron chi connectivity index (χ3n) is 3.68. The first-order valence-corrected chi connectivity index (χ1v) is 7.09. The van der Waals surface area contributed by atoms with Crippen molar-refractivity contribution in [2.24, 2.45) is 0 Å². The second-order valence-corrected chi connectivity index (χ2v) is 5.02. The number of amides is 2. The van der Waals surface area contributed by atoms with Gasteiger partial charge in [-0.1, -0.05) is 6.08 Å². The van der Waals surface area contributed by atoms with Gasteiger partial charge in [-0.2, -0.15) is 0 Å². The van der Waals surface area contributed by atoms with Crippen LogP contribution in [0.2, 0.25) is 0 Å². The molecule has 2 amide bonds. The second kappa shape index (κ2) is 7.08. The van der Waals surface area contributed by atoms with Crippen LogP contribution >= 0.6 is 0 Å².